The Balaban J connectivity index is 2.34. The summed E-state index contributed by atoms with van der Waals surface area (Å²) in [7, 11) is 1.70. The molecule has 2 nitrogen and oxygen atoms in total. The maximum atomic E-state index is 5.26. The highest BCUT2D eigenvalue weighted by molar-refractivity contribution is 5.99. The lowest BCUT2D eigenvalue weighted by Crippen LogP contribution is -2.15. The molecule has 0 spiro atoms. The summed E-state index contributed by atoms with van der Waals surface area (Å²) in [5.74, 6) is 0.897. The minimum Gasteiger partial charge on any atom is -0.497 e. The number of methoxy groups -OCH3 is 1. The summed E-state index contributed by atoms with van der Waals surface area (Å²) < 4.78 is 5.26. The van der Waals surface area contributed by atoms with Crippen molar-refractivity contribution in [1.29, 1.82) is 0 Å². The van der Waals surface area contributed by atoms with Gasteiger partial charge in [-0.05, 0) is 34.5 Å². The van der Waals surface area contributed by atoms with Crippen molar-refractivity contribution in [2.45, 2.75) is 19.3 Å². The molecule has 0 fully saturated rings. The fourth-order valence-corrected chi connectivity index (χ4v) is 2.50. The third kappa shape index (κ3) is 1.44. The number of rotatable bonds is 1. The normalized spacial score (nSPS) is 16.2. The van der Waals surface area contributed by atoms with Crippen molar-refractivity contribution in [1.82, 2.24) is 0 Å². The lowest BCUT2D eigenvalue weighted by atomic mass is 9.84. The van der Waals surface area contributed by atoms with Crippen molar-refractivity contribution in [2.75, 3.05) is 7.11 Å². The predicted molar refractivity (Wildman–Crippen MR) is 71.7 cm³/mol. The Labute approximate surface area is 101 Å². The Bertz CT molecular complexity index is 626. The number of fused-ring (bicyclic) bond motifs is 3. The van der Waals surface area contributed by atoms with Gasteiger partial charge in [-0.15, -0.1) is 0 Å². The topological polar surface area (TPSA) is 21.6 Å². The van der Waals surface area contributed by atoms with Crippen molar-refractivity contribution in [3.05, 3.63) is 35.9 Å². The molecule has 0 bridgehead atoms. The third-order valence-corrected chi connectivity index (χ3v) is 3.38. The molecule has 0 radical (unpaired) electrons. The zero-order chi connectivity index (χ0) is 12.0. The number of nitrogens with zero attached hydrogens (tertiary/aromatic N) is 1. The molecule has 0 saturated carbocycles. The van der Waals surface area contributed by atoms with Crippen LogP contribution in [0.5, 0.6) is 5.75 Å². The summed E-state index contributed by atoms with van der Waals surface area (Å²) >= 11 is 0. The van der Waals surface area contributed by atoms with Gasteiger partial charge in [0.2, 0.25) is 0 Å². The maximum Gasteiger partial charge on any atom is 0.119 e. The van der Waals surface area contributed by atoms with Gasteiger partial charge in [0.25, 0.3) is 0 Å². The molecule has 0 amide bonds. The number of benzene rings is 2. The molecule has 1 aliphatic heterocycles. The van der Waals surface area contributed by atoms with Gasteiger partial charge in [-0.1, -0.05) is 26.0 Å². The third-order valence-electron chi connectivity index (χ3n) is 3.38. The highest BCUT2D eigenvalue weighted by Gasteiger charge is 2.28. The molecule has 1 aliphatic rings. The van der Waals surface area contributed by atoms with Crippen molar-refractivity contribution < 1.29 is 4.74 Å². The standard InChI is InChI=1S/C15H15NO/c1-15(2)9-16-13-7-4-10-8-11(17-3)5-6-12(10)14(13)15/h4-9H,1-3H3. The Morgan fingerprint density at radius 2 is 1.94 bits per heavy atom. The van der Waals surface area contributed by atoms with Gasteiger partial charge >= 0.3 is 0 Å². The van der Waals surface area contributed by atoms with Crippen LogP contribution in [-0.4, -0.2) is 13.3 Å². The van der Waals surface area contributed by atoms with Crippen molar-refractivity contribution in [3.63, 3.8) is 0 Å². The average molecular weight is 225 g/mol. The van der Waals surface area contributed by atoms with Crippen LogP contribution < -0.4 is 4.74 Å². The van der Waals surface area contributed by atoms with Crippen LogP contribution in [0.4, 0.5) is 5.69 Å². The lowest BCUT2D eigenvalue weighted by molar-refractivity contribution is 0.415. The first-order valence-corrected chi connectivity index (χ1v) is 5.78. The number of aliphatic imine (C=N–C) groups is 1. The highest BCUT2D eigenvalue weighted by Crippen LogP contribution is 2.41. The van der Waals surface area contributed by atoms with E-state index in [2.05, 4.69) is 43.1 Å². The minimum atomic E-state index is 0.0173. The molecular weight excluding hydrogens is 210 g/mol. The number of hydrogen-bond donors (Lipinski definition) is 0. The van der Waals surface area contributed by atoms with Gasteiger partial charge in [0, 0.05) is 11.6 Å². The minimum absolute atomic E-state index is 0.0173. The summed E-state index contributed by atoms with van der Waals surface area (Å²) in [6.07, 6.45) is 2.03. The first-order valence-electron chi connectivity index (χ1n) is 5.78. The van der Waals surface area contributed by atoms with E-state index in [0.717, 1.165) is 11.4 Å². The van der Waals surface area contributed by atoms with Crippen LogP contribution in [0.15, 0.2) is 35.3 Å². The zero-order valence-electron chi connectivity index (χ0n) is 10.3. The van der Waals surface area contributed by atoms with E-state index >= 15 is 0 Å². The Kier molecular flexibility index (Phi) is 2.02. The van der Waals surface area contributed by atoms with Crippen LogP contribution in [0.1, 0.15) is 19.4 Å². The largest absolute Gasteiger partial charge is 0.497 e. The van der Waals surface area contributed by atoms with Gasteiger partial charge in [0.1, 0.15) is 5.75 Å². The molecule has 86 valence electrons. The van der Waals surface area contributed by atoms with E-state index in [1.54, 1.807) is 7.11 Å². The summed E-state index contributed by atoms with van der Waals surface area (Å²) in [5, 5.41) is 2.48. The van der Waals surface area contributed by atoms with Gasteiger partial charge in [-0.3, -0.25) is 4.99 Å². The van der Waals surface area contributed by atoms with E-state index in [1.807, 2.05) is 12.3 Å². The molecule has 2 aromatic rings. The van der Waals surface area contributed by atoms with Gasteiger partial charge < -0.3 is 4.74 Å². The summed E-state index contributed by atoms with van der Waals surface area (Å²) in [6, 6.07) is 10.4. The Morgan fingerprint density at radius 1 is 1.12 bits per heavy atom. The fourth-order valence-electron chi connectivity index (χ4n) is 2.50. The first kappa shape index (κ1) is 10.3. The molecule has 3 rings (SSSR count). The van der Waals surface area contributed by atoms with Crippen LogP contribution in [0.2, 0.25) is 0 Å². The Morgan fingerprint density at radius 3 is 2.71 bits per heavy atom. The molecule has 0 N–H and O–H groups in total. The van der Waals surface area contributed by atoms with Gasteiger partial charge in [-0.2, -0.15) is 0 Å². The van der Waals surface area contributed by atoms with Gasteiger partial charge in [-0.25, -0.2) is 0 Å². The molecule has 0 atom stereocenters. The van der Waals surface area contributed by atoms with E-state index in [0.29, 0.717) is 0 Å². The van der Waals surface area contributed by atoms with E-state index in [-0.39, 0.29) is 5.41 Å². The lowest BCUT2D eigenvalue weighted by Gasteiger charge is -2.18. The van der Waals surface area contributed by atoms with Gasteiger partial charge in [0.15, 0.2) is 0 Å². The SMILES string of the molecule is COc1ccc2c3c(ccc2c1)N=CC3(C)C. The number of hydrogen-bond acceptors (Lipinski definition) is 2. The van der Waals surface area contributed by atoms with Crippen LogP contribution in [0, 0.1) is 0 Å². The second-order valence-electron chi connectivity index (χ2n) is 5.03. The van der Waals surface area contributed by atoms with E-state index in [9.17, 15) is 0 Å². The quantitative estimate of drug-likeness (QED) is 0.722. The average Bonchev–Trinajstić information content (AvgIpc) is 2.65. The molecule has 2 aromatic carbocycles. The van der Waals surface area contributed by atoms with Crippen LogP contribution in [0.3, 0.4) is 0 Å². The smallest absolute Gasteiger partial charge is 0.119 e. The molecule has 0 unspecified atom stereocenters. The van der Waals surface area contributed by atoms with Crippen molar-refractivity contribution in [3.8, 4) is 5.75 Å². The van der Waals surface area contributed by atoms with Crippen molar-refractivity contribution >= 4 is 22.7 Å². The monoisotopic (exact) mass is 225 g/mol. The van der Waals surface area contributed by atoms with E-state index in [1.165, 1.54) is 16.3 Å². The number of ether oxygens (including phenoxy) is 1. The fraction of sp³-hybridized carbons (Fsp3) is 0.267. The molecule has 17 heavy (non-hydrogen) atoms. The van der Waals surface area contributed by atoms with Gasteiger partial charge in [0.05, 0.1) is 12.8 Å². The second-order valence-corrected chi connectivity index (χ2v) is 5.03. The molecule has 2 heteroatoms. The van der Waals surface area contributed by atoms with E-state index < -0.39 is 0 Å². The molecule has 0 aliphatic carbocycles. The second kappa shape index (κ2) is 3.33. The van der Waals surface area contributed by atoms with E-state index in [4.69, 9.17) is 4.74 Å². The highest BCUT2D eigenvalue weighted by atomic mass is 16.5. The van der Waals surface area contributed by atoms with Crippen LogP contribution in [0.25, 0.3) is 10.8 Å². The Hall–Kier alpha value is -1.83. The zero-order valence-corrected chi connectivity index (χ0v) is 10.3. The van der Waals surface area contributed by atoms with Crippen molar-refractivity contribution in [2.24, 2.45) is 4.99 Å². The summed E-state index contributed by atoms with van der Waals surface area (Å²) in [4.78, 5) is 4.49. The molecule has 1 heterocycles. The first-order chi connectivity index (χ1) is 8.12. The summed E-state index contributed by atoms with van der Waals surface area (Å²) in [5.41, 5.74) is 2.42. The molecule has 0 aromatic heterocycles. The maximum absolute atomic E-state index is 5.26. The van der Waals surface area contributed by atoms with Crippen LogP contribution >= 0.6 is 0 Å². The summed E-state index contributed by atoms with van der Waals surface area (Å²) in [6.45, 7) is 4.40. The van der Waals surface area contributed by atoms with Crippen LogP contribution in [-0.2, 0) is 5.41 Å². The molecule has 0 saturated heterocycles. The predicted octanol–water partition coefficient (Wildman–Crippen LogP) is 3.84. The molecular formula is C15H15NO.